The summed E-state index contributed by atoms with van der Waals surface area (Å²) in [6.07, 6.45) is 0.717. The van der Waals surface area contributed by atoms with Gasteiger partial charge in [-0.3, -0.25) is 0 Å². The number of para-hydroxylation sites is 1. The Kier molecular flexibility index (Phi) is 4.78. The molecule has 0 aliphatic carbocycles. The van der Waals surface area contributed by atoms with Crippen LogP contribution in [0.3, 0.4) is 0 Å². The molecular formula is C21H21N3O3. The highest BCUT2D eigenvalue weighted by Gasteiger charge is 2.28. The number of hydrogen-bond donors (Lipinski definition) is 1. The second-order valence-electron chi connectivity index (χ2n) is 6.48. The number of anilines is 1. The average Bonchev–Trinajstić information content (AvgIpc) is 3.17. The fourth-order valence-corrected chi connectivity index (χ4v) is 3.20. The van der Waals surface area contributed by atoms with Gasteiger partial charge in [-0.1, -0.05) is 24.3 Å². The molecular weight excluding hydrogens is 342 g/mol. The van der Waals surface area contributed by atoms with Gasteiger partial charge in [0.25, 0.3) is 0 Å². The zero-order chi connectivity index (χ0) is 18.6. The van der Waals surface area contributed by atoms with Gasteiger partial charge in [0.15, 0.2) is 0 Å². The van der Waals surface area contributed by atoms with Gasteiger partial charge in [-0.05, 0) is 24.3 Å². The van der Waals surface area contributed by atoms with E-state index in [0.29, 0.717) is 30.4 Å². The van der Waals surface area contributed by atoms with Crippen LogP contribution < -0.4 is 14.8 Å². The Balaban J connectivity index is 1.36. The van der Waals surface area contributed by atoms with E-state index < -0.39 is 0 Å². The zero-order valence-corrected chi connectivity index (χ0v) is 15.1. The summed E-state index contributed by atoms with van der Waals surface area (Å²) < 4.78 is 11.2. The Hall–Kier alpha value is -3.28. The van der Waals surface area contributed by atoms with Crippen molar-refractivity contribution in [3.05, 3.63) is 60.7 Å². The van der Waals surface area contributed by atoms with E-state index >= 15 is 0 Å². The number of urea groups is 1. The smallest absolute Gasteiger partial charge is 0.321 e. The van der Waals surface area contributed by atoms with Crippen molar-refractivity contribution in [3.63, 3.8) is 0 Å². The molecule has 2 amide bonds. The van der Waals surface area contributed by atoms with E-state index in [4.69, 9.17) is 9.47 Å². The maximum atomic E-state index is 12.5. The van der Waals surface area contributed by atoms with E-state index in [1.165, 1.54) is 0 Å². The molecule has 3 aromatic rings. The molecule has 1 aliphatic rings. The summed E-state index contributed by atoms with van der Waals surface area (Å²) in [5.74, 6) is 1.30. The van der Waals surface area contributed by atoms with Crippen LogP contribution in [0.1, 0.15) is 6.42 Å². The third-order valence-electron chi connectivity index (χ3n) is 4.61. The zero-order valence-electron chi connectivity index (χ0n) is 15.1. The van der Waals surface area contributed by atoms with Crippen LogP contribution in [0.25, 0.3) is 10.9 Å². The molecule has 6 nitrogen and oxygen atoms in total. The van der Waals surface area contributed by atoms with E-state index in [2.05, 4.69) is 10.3 Å². The number of carbonyl (C=O) groups excluding carboxylic acids is 1. The van der Waals surface area contributed by atoms with Crippen LogP contribution in [0.5, 0.6) is 11.6 Å². The minimum Gasteiger partial charge on any atom is -0.497 e. The number of aromatic nitrogens is 1. The molecule has 6 heteroatoms. The highest BCUT2D eigenvalue weighted by atomic mass is 16.5. The number of rotatable bonds is 4. The van der Waals surface area contributed by atoms with Gasteiger partial charge in [-0.15, -0.1) is 0 Å². The number of amides is 2. The van der Waals surface area contributed by atoms with Crippen molar-refractivity contribution in [1.82, 2.24) is 9.88 Å². The Morgan fingerprint density at radius 3 is 2.93 bits per heavy atom. The van der Waals surface area contributed by atoms with Crippen molar-refractivity contribution < 1.29 is 14.3 Å². The van der Waals surface area contributed by atoms with Crippen LogP contribution >= 0.6 is 0 Å². The van der Waals surface area contributed by atoms with Crippen LogP contribution in [0, 0.1) is 0 Å². The van der Waals surface area contributed by atoms with Gasteiger partial charge in [0, 0.05) is 36.2 Å². The second kappa shape index (κ2) is 7.53. The standard InChI is InChI=1S/C21H21N3O3/c1-26-17-7-4-6-16(13-17)22-21(25)24-12-11-18(14-24)27-20-10-9-15-5-2-3-8-19(15)23-20/h2-10,13,18H,11-12,14H2,1H3,(H,22,25). The molecule has 0 spiro atoms. The molecule has 138 valence electrons. The van der Waals surface area contributed by atoms with Gasteiger partial charge in [-0.25, -0.2) is 9.78 Å². The molecule has 1 aromatic heterocycles. The first-order valence-electron chi connectivity index (χ1n) is 8.94. The Bertz CT molecular complexity index is 960. The first-order chi connectivity index (χ1) is 13.2. The number of nitrogens with one attached hydrogen (secondary N) is 1. The number of methoxy groups -OCH3 is 1. The number of hydrogen-bond acceptors (Lipinski definition) is 4. The third-order valence-corrected chi connectivity index (χ3v) is 4.61. The molecule has 1 saturated heterocycles. The van der Waals surface area contributed by atoms with E-state index in [9.17, 15) is 4.79 Å². The molecule has 1 aliphatic heterocycles. The van der Waals surface area contributed by atoms with Gasteiger partial charge < -0.3 is 19.7 Å². The minimum absolute atomic E-state index is 0.0604. The Labute approximate surface area is 157 Å². The predicted octanol–water partition coefficient (Wildman–Crippen LogP) is 3.93. The minimum atomic E-state index is -0.138. The Morgan fingerprint density at radius 2 is 2.04 bits per heavy atom. The first-order valence-corrected chi connectivity index (χ1v) is 8.94. The molecule has 1 atom stereocenters. The van der Waals surface area contributed by atoms with Crippen molar-refractivity contribution in [3.8, 4) is 11.6 Å². The molecule has 0 saturated carbocycles. The summed E-state index contributed by atoms with van der Waals surface area (Å²) in [7, 11) is 1.60. The maximum Gasteiger partial charge on any atom is 0.321 e. The van der Waals surface area contributed by atoms with Crippen molar-refractivity contribution in [2.24, 2.45) is 0 Å². The van der Waals surface area contributed by atoms with Crippen molar-refractivity contribution >= 4 is 22.6 Å². The summed E-state index contributed by atoms with van der Waals surface area (Å²) in [4.78, 5) is 18.8. The van der Waals surface area contributed by atoms with Gasteiger partial charge in [0.05, 0.1) is 19.2 Å². The monoisotopic (exact) mass is 363 g/mol. The van der Waals surface area contributed by atoms with Gasteiger partial charge in [-0.2, -0.15) is 0 Å². The van der Waals surface area contributed by atoms with Crippen LogP contribution in [-0.4, -0.2) is 42.2 Å². The largest absolute Gasteiger partial charge is 0.497 e. The fourth-order valence-electron chi connectivity index (χ4n) is 3.20. The summed E-state index contributed by atoms with van der Waals surface area (Å²) in [6, 6.07) is 19.0. The highest BCUT2D eigenvalue weighted by molar-refractivity contribution is 5.89. The van der Waals surface area contributed by atoms with E-state index in [1.807, 2.05) is 54.6 Å². The lowest BCUT2D eigenvalue weighted by Crippen LogP contribution is -2.34. The molecule has 0 radical (unpaired) electrons. The molecule has 4 rings (SSSR count). The predicted molar refractivity (Wildman–Crippen MR) is 104 cm³/mol. The first kappa shape index (κ1) is 17.1. The lowest BCUT2D eigenvalue weighted by Gasteiger charge is -2.18. The topological polar surface area (TPSA) is 63.7 Å². The summed E-state index contributed by atoms with van der Waals surface area (Å²) in [6.45, 7) is 1.18. The molecule has 27 heavy (non-hydrogen) atoms. The quantitative estimate of drug-likeness (QED) is 0.763. The van der Waals surface area contributed by atoms with E-state index in [-0.39, 0.29) is 12.1 Å². The normalized spacial score (nSPS) is 16.3. The van der Waals surface area contributed by atoms with Crippen LogP contribution in [0.15, 0.2) is 60.7 Å². The number of likely N-dealkylation sites (tertiary alicyclic amines) is 1. The van der Waals surface area contributed by atoms with E-state index in [0.717, 1.165) is 17.3 Å². The van der Waals surface area contributed by atoms with Crippen LogP contribution in [-0.2, 0) is 0 Å². The summed E-state index contributed by atoms with van der Waals surface area (Å²) in [5.41, 5.74) is 1.61. The lowest BCUT2D eigenvalue weighted by molar-refractivity contribution is 0.190. The highest BCUT2D eigenvalue weighted by Crippen LogP contribution is 2.22. The molecule has 1 unspecified atom stereocenters. The fraction of sp³-hybridized carbons (Fsp3) is 0.238. The number of benzene rings is 2. The third kappa shape index (κ3) is 3.95. The van der Waals surface area contributed by atoms with E-state index in [1.54, 1.807) is 18.1 Å². The molecule has 1 fully saturated rings. The summed E-state index contributed by atoms with van der Waals surface area (Å²) in [5, 5.41) is 3.98. The molecule has 2 heterocycles. The number of fused-ring (bicyclic) bond motifs is 1. The average molecular weight is 363 g/mol. The molecule has 2 aromatic carbocycles. The summed E-state index contributed by atoms with van der Waals surface area (Å²) >= 11 is 0. The number of ether oxygens (including phenoxy) is 2. The molecule has 0 bridgehead atoms. The van der Waals surface area contributed by atoms with Gasteiger partial charge in [0.1, 0.15) is 11.9 Å². The van der Waals surface area contributed by atoms with Crippen LogP contribution in [0.2, 0.25) is 0 Å². The SMILES string of the molecule is COc1cccc(NC(=O)N2CCC(Oc3ccc4ccccc4n3)C2)c1. The van der Waals surface area contributed by atoms with Gasteiger partial charge >= 0.3 is 6.03 Å². The number of nitrogens with zero attached hydrogens (tertiary/aromatic N) is 2. The maximum absolute atomic E-state index is 12.5. The number of pyridine rings is 1. The van der Waals surface area contributed by atoms with Crippen molar-refractivity contribution in [1.29, 1.82) is 0 Å². The Morgan fingerprint density at radius 1 is 1.15 bits per heavy atom. The van der Waals surface area contributed by atoms with Gasteiger partial charge in [0.2, 0.25) is 5.88 Å². The lowest BCUT2D eigenvalue weighted by atomic mass is 10.2. The van der Waals surface area contributed by atoms with Crippen molar-refractivity contribution in [2.45, 2.75) is 12.5 Å². The molecule has 1 N–H and O–H groups in total. The second-order valence-corrected chi connectivity index (χ2v) is 6.48. The number of carbonyl (C=O) groups is 1. The van der Waals surface area contributed by atoms with Crippen molar-refractivity contribution in [2.75, 3.05) is 25.5 Å². The van der Waals surface area contributed by atoms with Crippen LogP contribution in [0.4, 0.5) is 10.5 Å².